The van der Waals surface area contributed by atoms with E-state index < -0.39 is 0 Å². The highest BCUT2D eigenvalue weighted by Gasteiger charge is 2.13. The Morgan fingerprint density at radius 3 is 2.84 bits per heavy atom. The second kappa shape index (κ2) is 5.45. The van der Waals surface area contributed by atoms with Crippen molar-refractivity contribution in [1.82, 2.24) is 10.3 Å². The number of rotatable bonds is 3. The Bertz CT molecular complexity index is 615. The zero-order valence-corrected chi connectivity index (χ0v) is 10.8. The molecule has 1 aliphatic heterocycles. The number of piperidine rings is 1. The largest absolute Gasteiger partial charge is 0.479 e. The van der Waals surface area contributed by atoms with E-state index >= 15 is 0 Å². The summed E-state index contributed by atoms with van der Waals surface area (Å²) in [4.78, 5) is 14.7. The van der Waals surface area contributed by atoms with Crippen molar-refractivity contribution in [3.8, 4) is 5.88 Å². The standard InChI is InChI=1S/C15H18N2O2/c18-15-13-4-2-1-3-12(13)9-14(17-15)19-10-11-5-7-16-8-6-11/h1-4,9,11,16H,5-8,10H2,(H,17,18). The van der Waals surface area contributed by atoms with Crippen molar-refractivity contribution >= 4 is 10.8 Å². The highest BCUT2D eigenvalue weighted by molar-refractivity contribution is 5.82. The summed E-state index contributed by atoms with van der Waals surface area (Å²) in [5.74, 6) is 1.15. The fourth-order valence-electron chi connectivity index (χ4n) is 2.52. The smallest absolute Gasteiger partial charge is 0.258 e. The summed E-state index contributed by atoms with van der Waals surface area (Å²) in [5, 5.41) is 4.96. The lowest BCUT2D eigenvalue weighted by atomic mass is 9.99. The minimum absolute atomic E-state index is 0.0848. The average Bonchev–Trinajstić information content (AvgIpc) is 2.46. The van der Waals surface area contributed by atoms with Crippen LogP contribution in [0.15, 0.2) is 35.1 Å². The van der Waals surface area contributed by atoms with Crippen LogP contribution in [-0.4, -0.2) is 24.7 Å². The predicted molar refractivity (Wildman–Crippen MR) is 75.7 cm³/mol. The number of ether oxygens (including phenoxy) is 1. The second-order valence-electron chi connectivity index (χ2n) is 5.05. The molecule has 100 valence electrons. The highest BCUT2D eigenvalue weighted by Crippen LogP contribution is 2.17. The Kier molecular flexibility index (Phi) is 3.51. The van der Waals surface area contributed by atoms with E-state index in [1.165, 1.54) is 0 Å². The van der Waals surface area contributed by atoms with E-state index in [0.717, 1.165) is 31.3 Å². The van der Waals surface area contributed by atoms with Crippen molar-refractivity contribution in [1.29, 1.82) is 0 Å². The summed E-state index contributed by atoms with van der Waals surface area (Å²) in [6.07, 6.45) is 2.27. The van der Waals surface area contributed by atoms with Crippen LogP contribution in [0.1, 0.15) is 12.8 Å². The van der Waals surface area contributed by atoms with Gasteiger partial charge in [0.05, 0.1) is 6.61 Å². The molecule has 3 rings (SSSR count). The van der Waals surface area contributed by atoms with Gasteiger partial charge in [0.15, 0.2) is 5.88 Å². The molecule has 1 saturated heterocycles. The van der Waals surface area contributed by atoms with Gasteiger partial charge in [-0.3, -0.25) is 9.78 Å². The molecule has 4 nitrogen and oxygen atoms in total. The van der Waals surface area contributed by atoms with Crippen LogP contribution in [-0.2, 0) is 0 Å². The summed E-state index contributed by atoms with van der Waals surface area (Å²) in [5.41, 5.74) is -0.0848. The molecular weight excluding hydrogens is 240 g/mol. The topological polar surface area (TPSA) is 54.1 Å². The third-order valence-electron chi connectivity index (χ3n) is 3.66. The number of aromatic nitrogens is 1. The molecule has 0 atom stereocenters. The lowest BCUT2D eigenvalue weighted by Gasteiger charge is -2.22. The summed E-state index contributed by atoms with van der Waals surface area (Å²) in [6, 6.07) is 9.45. The van der Waals surface area contributed by atoms with Crippen LogP contribution in [0.25, 0.3) is 10.8 Å². The van der Waals surface area contributed by atoms with Gasteiger partial charge in [0.2, 0.25) is 0 Å². The normalized spacial score (nSPS) is 16.6. The molecule has 0 spiro atoms. The number of nitrogens with one attached hydrogen (secondary N) is 2. The lowest BCUT2D eigenvalue weighted by Crippen LogP contribution is -2.30. The number of fused-ring (bicyclic) bond motifs is 1. The SMILES string of the molecule is O=c1[nH]c(OCC2CCNCC2)cc2ccccc12. The molecule has 2 heterocycles. The van der Waals surface area contributed by atoms with Gasteiger partial charge in [0.25, 0.3) is 5.56 Å². The predicted octanol–water partition coefficient (Wildman–Crippen LogP) is 1.91. The molecule has 2 N–H and O–H groups in total. The zero-order valence-electron chi connectivity index (χ0n) is 10.8. The lowest BCUT2D eigenvalue weighted by molar-refractivity contribution is 0.209. The van der Waals surface area contributed by atoms with Crippen molar-refractivity contribution < 1.29 is 4.74 Å². The molecule has 0 radical (unpaired) electrons. The zero-order chi connectivity index (χ0) is 13.1. The molecule has 1 aromatic carbocycles. The summed E-state index contributed by atoms with van der Waals surface area (Å²) < 4.78 is 5.75. The number of H-pyrrole nitrogens is 1. The van der Waals surface area contributed by atoms with Crippen molar-refractivity contribution in [2.45, 2.75) is 12.8 Å². The summed E-state index contributed by atoms with van der Waals surface area (Å²) in [7, 11) is 0. The maximum Gasteiger partial charge on any atom is 0.258 e. The third-order valence-corrected chi connectivity index (χ3v) is 3.66. The van der Waals surface area contributed by atoms with Gasteiger partial charge in [0, 0.05) is 11.5 Å². The van der Waals surface area contributed by atoms with Crippen molar-refractivity contribution in [3.63, 3.8) is 0 Å². The maximum atomic E-state index is 11.9. The van der Waals surface area contributed by atoms with Gasteiger partial charge in [-0.1, -0.05) is 18.2 Å². The van der Waals surface area contributed by atoms with Crippen LogP contribution >= 0.6 is 0 Å². The first-order valence-corrected chi connectivity index (χ1v) is 6.78. The van der Waals surface area contributed by atoms with Crippen molar-refractivity contribution in [2.24, 2.45) is 5.92 Å². The van der Waals surface area contributed by atoms with Gasteiger partial charge >= 0.3 is 0 Å². The van der Waals surface area contributed by atoms with E-state index in [9.17, 15) is 4.79 Å². The first kappa shape index (κ1) is 12.2. The van der Waals surface area contributed by atoms with E-state index in [2.05, 4.69) is 10.3 Å². The Labute approximate surface area is 111 Å². The number of benzene rings is 1. The van der Waals surface area contributed by atoms with E-state index in [0.29, 0.717) is 23.8 Å². The molecule has 2 aromatic rings. The van der Waals surface area contributed by atoms with Crippen molar-refractivity contribution in [3.05, 3.63) is 40.7 Å². The quantitative estimate of drug-likeness (QED) is 0.884. The summed E-state index contributed by atoms with van der Waals surface area (Å²) in [6.45, 7) is 2.79. The van der Waals surface area contributed by atoms with E-state index in [-0.39, 0.29) is 5.56 Å². The highest BCUT2D eigenvalue weighted by atomic mass is 16.5. The average molecular weight is 258 g/mol. The number of pyridine rings is 1. The van der Waals surface area contributed by atoms with E-state index in [1.54, 1.807) is 0 Å². The summed E-state index contributed by atoms with van der Waals surface area (Å²) >= 11 is 0. The number of aromatic amines is 1. The number of hydrogen-bond donors (Lipinski definition) is 2. The Hall–Kier alpha value is -1.81. The molecule has 19 heavy (non-hydrogen) atoms. The van der Waals surface area contributed by atoms with Crippen molar-refractivity contribution in [2.75, 3.05) is 19.7 Å². The van der Waals surface area contributed by atoms with Gasteiger partial charge < -0.3 is 10.1 Å². The van der Waals surface area contributed by atoms with Gasteiger partial charge in [-0.2, -0.15) is 0 Å². The maximum absolute atomic E-state index is 11.9. The van der Waals surface area contributed by atoms with Gasteiger partial charge in [-0.15, -0.1) is 0 Å². The van der Waals surface area contributed by atoms with Crippen LogP contribution in [0.5, 0.6) is 5.88 Å². The first-order valence-electron chi connectivity index (χ1n) is 6.78. The van der Waals surface area contributed by atoms with Crippen LogP contribution in [0.4, 0.5) is 0 Å². The van der Waals surface area contributed by atoms with E-state index in [4.69, 9.17) is 4.74 Å². The Morgan fingerprint density at radius 1 is 1.21 bits per heavy atom. The molecule has 0 saturated carbocycles. The van der Waals surface area contributed by atoms with Crippen LogP contribution in [0, 0.1) is 5.92 Å². The van der Waals surface area contributed by atoms with Crippen LogP contribution < -0.4 is 15.6 Å². The minimum atomic E-state index is -0.0848. The Morgan fingerprint density at radius 2 is 2.00 bits per heavy atom. The monoisotopic (exact) mass is 258 g/mol. The third kappa shape index (κ3) is 2.79. The molecule has 1 fully saturated rings. The van der Waals surface area contributed by atoms with Crippen LogP contribution in [0.2, 0.25) is 0 Å². The molecule has 1 aromatic heterocycles. The minimum Gasteiger partial charge on any atom is -0.479 e. The molecule has 4 heteroatoms. The molecule has 0 amide bonds. The molecule has 1 aliphatic rings. The van der Waals surface area contributed by atoms with Gasteiger partial charge in [-0.05, 0) is 43.3 Å². The van der Waals surface area contributed by atoms with Crippen LogP contribution in [0.3, 0.4) is 0 Å². The fourth-order valence-corrected chi connectivity index (χ4v) is 2.52. The van der Waals surface area contributed by atoms with Gasteiger partial charge in [-0.25, -0.2) is 0 Å². The molecule has 0 bridgehead atoms. The second-order valence-corrected chi connectivity index (χ2v) is 5.05. The fraction of sp³-hybridized carbons (Fsp3) is 0.400. The van der Waals surface area contributed by atoms with E-state index in [1.807, 2.05) is 30.3 Å². The Balaban J connectivity index is 1.75. The molecule has 0 aliphatic carbocycles. The molecular formula is C15H18N2O2. The molecule has 0 unspecified atom stereocenters. The first-order chi connectivity index (χ1) is 9.33. The van der Waals surface area contributed by atoms with Gasteiger partial charge in [0.1, 0.15) is 0 Å². The number of hydrogen-bond acceptors (Lipinski definition) is 3.